The predicted octanol–water partition coefficient (Wildman–Crippen LogP) is 7.83. The Balaban J connectivity index is 1.81. The summed E-state index contributed by atoms with van der Waals surface area (Å²) in [6, 6.07) is 26.5. The van der Waals surface area contributed by atoms with Crippen LogP contribution in [0, 0.1) is 5.41 Å². The molecule has 0 aliphatic heterocycles. The fraction of sp³-hybridized carbons (Fsp3) is 0.400. The Morgan fingerprint density at radius 3 is 1.88 bits per heavy atom. The molecule has 0 amide bonds. The molecule has 32 heavy (non-hydrogen) atoms. The molecule has 3 aromatic carbocycles. The number of rotatable bonds is 7. The van der Waals surface area contributed by atoms with Crippen molar-refractivity contribution in [2.75, 3.05) is 11.9 Å². The highest BCUT2D eigenvalue weighted by Crippen LogP contribution is 2.41. The molecule has 1 atom stereocenters. The third-order valence-electron chi connectivity index (χ3n) is 6.06. The Morgan fingerprint density at radius 1 is 0.750 bits per heavy atom. The summed E-state index contributed by atoms with van der Waals surface area (Å²) in [6.07, 6.45) is 1.72. The zero-order valence-corrected chi connectivity index (χ0v) is 20.6. The number of benzene rings is 3. The molecule has 170 valence electrons. The van der Waals surface area contributed by atoms with Crippen LogP contribution in [0.25, 0.3) is 0 Å². The van der Waals surface area contributed by atoms with Gasteiger partial charge in [-0.1, -0.05) is 90.1 Å². The van der Waals surface area contributed by atoms with E-state index in [0.29, 0.717) is 5.92 Å². The molecular weight excluding hydrogens is 390 g/mol. The standard InChI is InChI=1S/C30H39NO/c1-29(2,3)25-14-18-27(19-15-25)31-26-16-12-23(13-17-26)28(30(4,5)6)24-11-7-9-22(21-24)10-8-20-32/h7,9,11-19,21,28,31-32H,8,10,20H2,1-6H3. The quantitative estimate of drug-likeness (QED) is 0.401. The largest absolute Gasteiger partial charge is 0.396 e. The monoisotopic (exact) mass is 429 g/mol. The van der Waals surface area contributed by atoms with E-state index in [0.717, 1.165) is 24.2 Å². The van der Waals surface area contributed by atoms with Crippen molar-refractivity contribution in [3.8, 4) is 0 Å². The van der Waals surface area contributed by atoms with Gasteiger partial charge in [-0.2, -0.15) is 0 Å². The van der Waals surface area contributed by atoms with Crippen LogP contribution in [-0.2, 0) is 11.8 Å². The van der Waals surface area contributed by atoms with Crippen molar-refractivity contribution in [1.29, 1.82) is 0 Å². The molecule has 0 aliphatic rings. The number of aliphatic hydroxyl groups excluding tert-OH is 1. The summed E-state index contributed by atoms with van der Waals surface area (Å²) in [7, 11) is 0. The van der Waals surface area contributed by atoms with Crippen LogP contribution in [0.4, 0.5) is 11.4 Å². The second kappa shape index (κ2) is 9.92. The lowest BCUT2D eigenvalue weighted by atomic mass is 9.72. The van der Waals surface area contributed by atoms with E-state index in [2.05, 4.69) is 120 Å². The first-order chi connectivity index (χ1) is 15.1. The highest BCUT2D eigenvalue weighted by Gasteiger charge is 2.28. The molecule has 0 saturated heterocycles. The molecule has 0 aliphatic carbocycles. The van der Waals surface area contributed by atoms with E-state index in [-0.39, 0.29) is 17.4 Å². The number of aryl methyl sites for hydroxylation is 1. The average Bonchev–Trinajstić information content (AvgIpc) is 2.73. The smallest absolute Gasteiger partial charge is 0.0434 e. The second-order valence-electron chi connectivity index (χ2n) is 10.9. The molecule has 0 aromatic heterocycles. The zero-order chi connectivity index (χ0) is 23.4. The van der Waals surface area contributed by atoms with Crippen molar-refractivity contribution in [2.45, 2.75) is 65.7 Å². The van der Waals surface area contributed by atoms with Gasteiger partial charge in [0.05, 0.1) is 0 Å². The maximum absolute atomic E-state index is 9.19. The maximum Gasteiger partial charge on any atom is 0.0434 e. The molecule has 2 N–H and O–H groups in total. The van der Waals surface area contributed by atoms with E-state index >= 15 is 0 Å². The minimum atomic E-state index is 0.0906. The Hall–Kier alpha value is -2.58. The fourth-order valence-electron chi connectivity index (χ4n) is 4.38. The first-order valence-corrected chi connectivity index (χ1v) is 11.7. The molecule has 2 nitrogen and oxygen atoms in total. The topological polar surface area (TPSA) is 32.3 Å². The maximum atomic E-state index is 9.19. The van der Waals surface area contributed by atoms with Crippen LogP contribution in [0.5, 0.6) is 0 Å². The lowest BCUT2D eigenvalue weighted by Crippen LogP contribution is -2.20. The van der Waals surface area contributed by atoms with E-state index in [9.17, 15) is 5.11 Å². The minimum absolute atomic E-state index is 0.0906. The highest BCUT2D eigenvalue weighted by molar-refractivity contribution is 5.60. The Bertz CT molecular complexity index is 989. The van der Waals surface area contributed by atoms with Gasteiger partial charge < -0.3 is 10.4 Å². The molecule has 0 saturated carbocycles. The first-order valence-electron chi connectivity index (χ1n) is 11.7. The third-order valence-corrected chi connectivity index (χ3v) is 6.06. The van der Waals surface area contributed by atoms with Crippen LogP contribution in [0.15, 0.2) is 72.8 Å². The summed E-state index contributed by atoms with van der Waals surface area (Å²) >= 11 is 0. The van der Waals surface area contributed by atoms with Crippen LogP contribution in [0.3, 0.4) is 0 Å². The molecule has 0 radical (unpaired) electrons. The summed E-state index contributed by atoms with van der Waals surface area (Å²) in [4.78, 5) is 0. The van der Waals surface area contributed by atoms with Crippen molar-refractivity contribution in [2.24, 2.45) is 5.41 Å². The van der Waals surface area contributed by atoms with Gasteiger partial charge in [-0.15, -0.1) is 0 Å². The van der Waals surface area contributed by atoms with Crippen molar-refractivity contribution in [3.63, 3.8) is 0 Å². The number of hydrogen-bond acceptors (Lipinski definition) is 2. The number of aliphatic hydroxyl groups is 1. The molecular formula is C30H39NO. The lowest BCUT2D eigenvalue weighted by molar-refractivity contribution is 0.288. The summed E-state index contributed by atoms with van der Waals surface area (Å²) in [5.74, 6) is 0.302. The van der Waals surface area contributed by atoms with Gasteiger partial charge in [0.2, 0.25) is 0 Å². The van der Waals surface area contributed by atoms with Gasteiger partial charge in [-0.05, 0) is 70.2 Å². The van der Waals surface area contributed by atoms with E-state index in [1.54, 1.807) is 0 Å². The second-order valence-corrected chi connectivity index (χ2v) is 10.9. The average molecular weight is 430 g/mol. The molecule has 0 spiro atoms. The highest BCUT2D eigenvalue weighted by atomic mass is 16.2. The number of hydrogen-bond donors (Lipinski definition) is 2. The molecule has 1 unspecified atom stereocenters. The van der Waals surface area contributed by atoms with Gasteiger partial charge in [0.1, 0.15) is 0 Å². The van der Waals surface area contributed by atoms with Crippen LogP contribution < -0.4 is 5.32 Å². The SMILES string of the molecule is CC(C)(C)c1ccc(Nc2ccc(C(c3cccc(CCCO)c3)C(C)(C)C)cc2)cc1. The first kappa shape index (κ1) is 24.1. The van der Waals surface area contributed by atoms with Gasteiger partial charge in [0.25, 0.3) is 0 Å². The van der Waals surface area contributed by atoms with Gasteiger partial charge in [-0.3, -0.25) is 0 Å². The van der Waals surface area contributed by atoms with Crippen molar-refractivity contribution in [1.82, 2.24) is 0 Å². The number of anilines is 2. The molecule has 0 fully saturated rings. The van der Waals surface area contributed by atoms with Crippen molar-refractivity contribution >= 4 is 11.4 Å². The third kappa shape index (κ3) is 6.23. The van der Waals surface area contributed by atoms with Crippen LogP contribution >= 0.6 is 0 Å². The molecule has 0 heterocycles. The molecule has 3 aromatic rings. The molecule has 0 bridgehead atoms. The van der Waals surface area contributed by atoms with E-state index < -0.39 is 0 Å². The summed E-state index contributed by atoms with van der Waals surface area (Å²) in [5, 5.41) is 12.7. The summed E-state index contributed by atoms with van der Waals surface area (Å²) in [5.41, 5.74) is 7.76. The van der Waals surface area contributed by atoms with Gasteiger partial charge in [0.15, 0.2) is 0 Å². The zero-order valence-electron chi connectivity index (χ0n) is 20.6. The van der Waals surface area contributed by atoms with Crippen LogP contribution in [0.1, 0.15) is 76.1 Å². The van der Waals surface area contributed by atoms with Crippen molar-refractivity contribution in [3.05, 3.63) is 95.1 Å². The molecule has 3 rings (SSSR count). The van der Waals surface area contributed by atoms with Gasteiger partial charge in [-0.25, -0.2) is 0 Å². The Morgan fingerprint density at radius 2 is 1.34 bits per heavy atom. The number of nitrogens with one attached hydrogen (secondary N) is 1. The Kier molecular flexibility index (Phi) is 7.46. The van der Waals surface area contributed by atoms with Crippen LogP contribution in [-0.4, -0.2) is 11.7 Å². The minimum Gasteiger partial charge on any atom is -0.396 e. The van der Waals surface area contributed by atoms with E-state index in [4.69, 9.17) is 0 Å². The summed E-state index contributed by atoms with van der Waals surface area (Å²) in [6.45, 7) is 13.9. The van der Waals surface area contributed by atoms with E-state index in [1.165, 1.54) is 22.3 Å². The van der Waals surface area contributed by atoms with E-state index in [1.807, 2.05) is 0 Å². The van der Waals surface area contributed by atoms with Crippen LogP contribution in [0.2, 0.25) is 0 Å². The van der Waals surface area contributed by atoms with Crippen molar-refractivity contribution < 1.29 is 5.11 Å². The van der Waals surface area contributed by atoms with Gasteiger partial charge >= 0.3 is 0 Å². The fourth-order valence-corrected chi connectivity index (χ4v) is 4.38. The lowest BCUT2D eigenvalue weighted by Gasteiger charge is -2.32. The predicted molar refractivity (Wildman–Crippen MR) is 138 cm³/mol. The summed E-state index contributed by atoms with van der Waals surface area (Å²) < 4.78 is 0. The van der Waals surface area contributed by atoms with Gasteiger partial charge in [0, 0.05) is 23.9 Å². The molecule has 2 heteroatoms. The normalized spacial score (nSPS) is 13.1. The Labute approximate surface area is 194 Å².